The van der Waals surface area contributed by atoms with Gasteiger partial charge in [0.25, 0.3) is 0 Å². The summed E-state index contributed by atoms with van der Waals surface area (Å²) in [6, 6.07) is 8.05. The van der Waals surface area contributed by atoms with E-state index < -0.39 is 0 Å². The van der Waals surface area contributed by atoms with Crippen LogP contribution in [-0.4, -0.2) is 41.9 Å². The van der Waals surface area contributed by atoms with Crippen LogP contribution >= 0.6 is 11.6 Å². The average Bonchev–Trinajstić information content (AvgIpc) is 2.97. The first-order chi connectivity index (χ1) is 10.7. The van der Waals surface area contributed by atoms with E-state index in [1.54, 1.807) is 6.07 Å². The molecule has 1 N–H and O–H groups in total. The summed E-state index contributed by atoms with van der Waals surface area (Å²) < 4.78 is 5.57. The summed E-state index contributed by atoms with van der Waals surface area (Å²) in [5, 5.41) is 20.2. The zero-order valence-corrected chi connectivity index (χ0v) is 13.3. The van der Waals surface area contributed by atoms with Crippen molar-refractivity contribution in [2.24, 2.45) is 5.92 Å². The van der Waals surface area contributed by atoms with Gasteiger partial charge in [-0.3, -0.25) is 4.90 Å². The summed E-state index contributed by atoms with van der Waals surface area (Å²) in [4.78, 5) is 2.38. The van der Waals surface area contributed by atoms with Crippen molar-refractivity contribution in [3.63, 3.8) is 0 Å². The molecule has 3 atom stereocenters. The van der Waals surface area contributed by atoms with Crippen LogP contribution in [0.3, 0.4) is 0 Å². The van der Waals surface area contributed by atoms with Crippen molar-refractivity contribution < 1.29 is 9.84 Å². The molecule has 3 rings (SSSR count). The molecule has 2 heterocycles. The largest absolute Gasteiger partial charge is 0.393 e. The second-order valence-electron chi connectivity index (χ2n) is 6.19. The van der Waals surface area contributed by atoms with E-state index in [1.165, 1.54) is 0 Å². The molecule has 0 amide bonds. The quantitative estimate of drug-likeness (QED) is 0.930. The van der Waals surface area contributed by atoms with Gasteiger partial charge in [-0.25, -0.2) is 0 Å². The smallest absolute Gasteiger partial charge is 0.0995 e. The van der Waals surface area contributed by atoms with Gasteiger partial charge in [0, 0.05) is 30.1 Å². The second-order valence-corrected chi connectivity index (χ2v) is 6.62. The lowest BCUT2D eigenvalue weighted by Crippen LogP contribution is -2.45. The lowest BCUT2D eigenvalue weighted by molar-refractivity contribution is -0.0636. The molecule has 2 fully saturated rings. The Morgan fingerprint density at radius 1 is 1.41 bits per heavy atom. The number of likely N-dealkylation sites (tertiary alicyclic amines) is 1. The number of halogens is 1. The maximum absolute atomic E-state index is 10.3. The van der Waals surface area contributed by atoms with E-state index in [9.17, 15) is 10.4 Å². The maximum atomic E-state index is 10.3. The first-order valence-corrected chi connectivity index (χ1v) is 8.25. The fraction of sp³-hybridized carbons (Fsp3) is 0.588. The molecule has 2 saturated heterocycles. The highest BCUT2D eigenvalue weighted by Crippen LogP contribution is 2.31. The molecule has 2 aliphatic heterocycles. The molecule has 22 heavy (non-hydrogen) atoms. The Morgan fingerprint density at radius 3 is 3.05 bits per heavy atom. The predicted octanol–water partition coefficient (Wildman–Crippen LogP) is 2.57. The van der Waals surface area contributed by atoms with Gasteiger partial charge in [-0.05, 0) is 43.5 Å². The van der Waals surface area contributed by atoms with E-state index >= 15 is 0 Å². The third-order valence-electron chi connectivity index (χ3n) is 4.84. The van der Waals surface area contributed by atoms with Crippen molar-refractivity contribution in [2.75, 3.05) is 19.8 Å². The summed E-state index contributed by atoms with van der Waals surface area (Å²) in [6.45, 7) is 3.02. The van der Waals surface area contributed by atoms with Crippen LogP contribution in [0.1, 0.15) is 30.4 Å². The number of nitriles is 1. The highest BCUT2D eigenvalue weighted by atomic mass is 35.5. The molecule has 0 spiro atoms. The van der Waals surface area contributed by atoms with E-state index in [0.29, 0.717) is 29.8 Å². The highest BCUT2D eigenvalue weighted by molar-refractivity contribution is 6.30. The van der Waals surface area contributed by atoms with Crippen LogP contribution in [0.5, 0.6) is 0 Å². The normalized spacial score (nSPS) is 29.4. The minimum atomic E-state index is -0.278. The summed E-state index contributed by atoms with van der Waals surface area (Å²) >= 11 is 5.97. The second kappa shape index (κ2) is 6.97. The third-order valence-corrected chi connectivity index (χ3v) is 5.07. The molecule has 118 valence electrons. The Kier molecular flexibility index (Phi) is 5.00. The Balaban J connectivity index is 1.75. The van der Waals surface area contributed by atoms with Gasteiger partial charge in [0.15, 0.2) is 0 Å². The number of aliphatic hydroxyl groups is 1. The molecular weight excluding hydrogens is 300 g/mol. The molecule has 1 aromatic carbocycles. The van der Waals surface area contributed by atoms with Crippen LogP contribution in [0, 0.1) is 17.2 Å². The number of hydrogen-bond acceptors (Lipinski definition) is 4. The van der Waals surface area contributed by atoms with E-state index in [1.807, 2.05) is 12.1 Å². The number of benzene rings is 1. The predicted molar refractivity (Wildman–Crippen MR) is 84.5 cm³/mol. The summed E-state index contributed by atoms with van der Waals surface area (Å²) in [6.07, 6.45) is 2.66. The zero-order valence-electron chi connectivity index (χ0n) is 12.5. The molecule has 4 nitrogen and oxygen atoms in total. The Morgan fingerprint density at radius 2 is 2.27 bits per heavy atom. The Bertz CT molecular complexity index is 572. The lowest BCUT2D eigenvalue weighted by atomic mass is 9.89. The molecule has 1 aromatic rings. The number of rotatable bonds is 3. The van der Waals surface area contributed by atoms with E-state index in [4.69, 9.17) is 16.3 Å². The van der Waals surface area contributed by atoms with Crippen molar-refractivity contribution in [3.8, 4) is 6.07 Å². The van der Waals surface area contributed by atoms with Gasteiger partial charge in [0.1, 0.15) is 0 Å². The monoisotopic (exact) mass is 320 g/mol. The highest BCUT2D eigenvalue weighted by Gasteiger charge is 2.37. The molecule has 0 aromatic heterocycles. The van der Waals surface area contributed by atoms with E-state index in [0.717, 1.165) is 37.9 Å². The third kappa shape index (κ3) is 3.28. The summed E-state index contributed by atoms with van der Waals surface area (Å²) in [7, 11) is 0. The van der Waals surface area contributed by atoms with Gasteiger partial charge < -0.3 is 9.84 Å². The molecule has 2 aliphatic rings. The van der Waals surface area contributed by atoms with Crippen molar-refractivity contribution in [2.45, 2.75) is 38.0 Å². The molecule has 0 unspecified atom stereocenters. The van der Waals surface area contributed by atoms with Gasteiger partial charge in [0.05, 0.1) is 24.3 Å². The first kappa shape index (κ1) is 15.8. The first-order valence-electron chi connectivity index (χ1n) is 7.87. The standard InChI is InChI=1S/C17H21ClN2O2/c18-14-4-3-12(13(8-14)9-19)10-20-6-1-2-16(20)15-11-22-7-5-17(15)21/h3-4,8,15-17,21H,1-2,5-7,10-11H2/t15-,16-,17+/m1/s1. The number of nitrogens with zero attached hydrogens (tertiary/aromatic N) is 2. The van der Waals surface area contributed by atoms with Gasteiger partial charge in [0.2, 0.25) is 0 Å². The van der Waals surface area contributed by atoms with Crippen molar-refractivity contribution in [1.29, 1.82) is 5.26 Å². The van der Waals surface area contributed by atoms with Crippen LogP contribution in [-0.2, 0) is 11.3 Å². The van der Waals surface area contributed by atoms with Crippen LogP contribution < -0.4 is 0 Å². The fourth-order valence-electron chi connectivity index (χ4n) is 3.66. The van der Waals surface area contributed by atoms with Gasteiger partial charge in [-0.15, -0.1) is 0 Å². The minimum absolute atomic E-state index is 0.175. The Hall–Kier alpha value is -1.12. The minimum Gasteiger partial charge on any atom is -0.393 e. The number of aliphatic hydroxyl groups excluding tert-OH is 1. The van der Waals surface area contributed by atoms with Crippen LogP contribution in [0.4, 0.5) is 0 Å². The summed E-state index contributed by atoms with van der Waals surface area (Å²) in [5.41, 5.74) is 1.64. The van der Waals surface area contributed by atoms with Crippen molar-refractivity contribution in [1.82, 2.24) is 4.90 Å². The van der Waals surface area contributed by atoms with Gasteiger partial charge >= 0.3 is 0 Å². The molecule has 0 saturated carbocycles. The SMILES string of the molecule is N#Cc1cc(Cl)ccc1CN1CCC[C@@H]1[C@H]1COCC[C@@H]1O. The molecular formula is C17H21ClN2O2. The summed E-state index contributed by atoms with van der Waals surface area (Å²) in [5.74, 6) is 0.175. The molecule has 0 bridgehead atoms. The molecule has 0 aliphatic carbocycles. The molecule has 5 heteroatoms. The van der Waals surface area contributed by atoms with E-state index in [-0.39, 0.29) is 12.0 Å². The van der Waals surface area contributed by atoms with Crippen molar-refractivity contribution >= 4 is 11.6 Å². The zero-order chi connectivity index (χ0) is 15.5. The number of hydrogen-bond donors (Lipinski definition) is 1. The molecule has 0 radical (unpaired) electrons. The average molecular weight is 321 g/mol. The topological polar surface area (TPSA) is 56.5 Å². The van der Waals surface area contributed by atoms with Crippen molar-refractivity contribution in [3.05, 3.63) is 34.3 Å². The van der Waals surface area contributed by atoms with Gasteiger partial charge in [-0.2, -0.15) is 5.26 Å². The fourth-order valence-corrected chi connectivity index (χ4v) is 3.83. The van der Waals surface area contributed by atoms with Gasteiger partial charge in [-0.1, -0.05) is 17.7 Å². The maximum Gasteiger partial charge on any atom is 0.0995 e. The van der Waals surface area contributed by atoms with Crippen LogP contribution in [0.25, 0.3) is 0 Å². The number of ether oxygens (including phenoxy) is 1. The van der Waals surface area contributed by atoms with E-state index in [2.05, 4.69) is 11.0 Å². The van der Waals surface area contributed by atoms with Crippen LogP contribution in [0.2, 0.25) is 5.02 Å². The van der Waals surface area contributed by atoms with Crippen LogP contribution in [0.15, 0.2) is 18.2 Å². The lowest BCUT2D eigenvalue weighted by Gasteiger charge is -2.37. The Labute approximate surface area is 136 Å².